The maximum atomic E-state index is 9.21. The van der Waals surface area contributed by atoms with E-state index in [-0.39, 0.29) is 0 Å². The third-order valence-electron chi connectivity index (χ3n) is 0.0690. The quantitative estimate of drug-likeness (QED) is 0.458. The van der Waals surface area contributed by atoms with Crippen LogP contribution in [0.2, 0.25) is 0 Å². The summed E-state index contributed by atoms with van der Waals surface area (Å²) < 4.78 is 0.944. The fourth-order valence-electron chi connectivity index (χ4n) is 0. The molecule has 0 aromatic heterocycles. The van der Waals surface area contributed by atoms with Crippen LogP contribution in [0.4, 0.5) is 0 Å². The van der Waals surface area contributed by atoms with Gasteiger partial charge in [-0.25, -0.2) is 2.95 Å². The van der Waals surface area contributed by atoms with Crippen molar-refractivity contribution in [3.05, 3.63) is 0 Å². The highest BCUT2D eigenvalue weighted by atomic mass is 79.9. The van der Waals surface area contributed by atoms with E-state index in [0.717, 1.165) is 2.95 Å². The number of halogens is 2. The number of nitrogens with zero attached hydrogens (tertiary/aromatic N) is 1. The molecule has 0 aliphatic carbocycles. The SMILES string of the molecule is O=[C]N(Br)Br. The van der Waals surface area contributed by atoms with Crippen LogP contribution in [0.15, 0.2) is 0 Å². The summed E-state index contributed by atoms with van der Waals surface area (Å²) in [6, 6.07) is 0. The molecule has 0 heterocycles. The number of amides is 1. The van der Waals surface area contributed by atoms with Crippen molar-refractivity contribution in [1.29, 1.82) is 0 Å². The minimum Gasteiger partial charge on any atom is -0.261 e. The summed E-state index contributed by atoms with van der Waals surface area (Å²) in [4.78, 5) is 9.21. The van der Waals surface area contributed by atoms with Crippen molar-refractivity contribution in [2.24, 2.45) is 0 Å². The first-order valence-electron chi connectivity index (χ1n) is 0.766. The lowest BCUT2D eigenvalue weighted by Gasteiger charge is -1.81. The molecule has 0 fully saturated rings. The van der Waals surface area contributed by atoms with Crippen molar-refractivity contribution in [2.75, 3.05) is 0 Å². The molecule has 0 aliphatic rings. The summed E-state index contributed by atoms with van der Waals surface area (Å²) in [7, 11) is 0. The number of carbonyl (C=O) groups excluding carboxylic acids is 1. The Hall–Kier alpha value is 0.430. The Morgan fingerprint density at radius 1 is 1.60 bits per heavy atom. The maximum absolute atomic E-state index is 9.21. The summed E-state index contributed by atoms with van der Waals surface area (Å²) in [6.07, 6.45) is 1.44. The molecule has 0 atom stereocenters. The zero-order valence-electron chi connectivity index (χ0n) is 2.11. The van der Waals surface area contributed by atoms with E-state index in [1.54, 1.807) is 0 Å². The maximum Gasteiger partial charge on any atom is 0.334 e. The van der Waals surface area contributed by atoms with Crippen molar-refractivity contribution in [2.45, 2.75) is 0 Å². The van der Waals surface area contributed by atoms with Gasteiger partial charge in [0.05, 0.1) is 32.3 Å². The molecule has 0 unspecified atom stereocenters. The molecule has 29 valence electrons. The van der Waals surface area contributed by atoms with Gasteiger partial charge >= 0.3 is 6.41 Å². The van der Waals surface area contributed by atoms with E-state index in [0.29, 0.717) is 0 Å². The predicted octanol–water partition coefficient (Wildman–Crippen LogP) is 0.975. The van der Waals surface area contributed by atoms with E-state index in [1.807, 2.05) is 0 Å². The van der Waals surface area contributed by atoms with Crippen molar-refractivity contribution in [1.82, 2.24) is 2.95 Å². The Balaban J connectivity index is 2.83. The molecule has 1 amide bonds. The Morgan fingerprint density at radius 2 is 1.80 bits per heavy atom. The van der Waals surface area contributed by atoms with Crippen LogP contribution in [0.25, 0.3) is 0 Å². The largest absolute Gasteiger partial charge is 0.334 e. The molecule has 0 saturated heterocycles. The van der Waals surface area contributed by atoms with Crippen molar-refractivity contribution in [3.63, 3.8) is 0 Å². The van der Waals surface area contributed by atoms with E-state index in [2.05, 4.69) is 32.3 Å². The lowest BCUT2D eigenvalue weighted by molar-refractivity contribution is 0.545. The number of hydrogen-bond donors (Lipinski definition) is 0. The van der Waals surface area contributed by atoms with E-state index in [1.165, 1.54) is 6.41 Å². The van der Waals surface area contributed by atoms with Gasteiger partial charge in [0.2, 0.25) is 0 Å². The summed E-state index contributed by atoms with van der Waals surface area (Å²) in [5.74, 6) is 0. The van der Waals surface area contributed by atoms with Crippen molar-refractivity contribution >= 4 is 38.7 Å². The zero-order chi connectivity index (χ0) is 4.28. The van der Waals surface area contributed by atoms with Crippen LogP contribution in [0, 0.1) is 0 Å². The standard InChI is InChI=1S/CBr2NO/c2-4(3)1-5. The molecule has 0 bridgehead atoms. The summed E-state index contributed by atoms with van der Waals surface area (Å²) in [5.41, 5.74) is 0. The summed E-state index contributed by atoms with van der Waals surface area (Å²) >= 11 is 5.40. The van der Waals surface area contributed by atoms with Gasteiger partial charge in [-0.15, -0.1) is 0 Å². The highest BCUT2D eigenvalue weighted by Crippen LogP contribution is 1.97. The highest BCUT2D eigenvalue weighted by molar-refractivity contribution is 9.21. The zero-order valence-corrected chi connectivity index (χ0v) is 5.28. The normalized spacial score (nSPS) is 6.80. The first kappa shape index (κ1) is 5.43. The number of hydrogen-bond acceptors (Lipinski definition) is 1. The molecule has 0 aromatic carbocycles. The van der Waals surface area contributed by atoms with E-state index in [4.69, 9.17) is 0 Å². The molecular weight excluding hydrogens is 202 g/mol. The van der Waals surface area contributed by atoms with Crippen molar-refractivity contribution < 1.29 is 4.79 Å². The Bertz CT molecular complexity index is 36.6. The molecule has 5 heavy (non-hydrogen) atoms. The van der Waals surface area contributed by atoms with Gasteiger partial charge < -0.3 is 0 Å². The minimum atomic E-state index is 0.944. The predicted molar refractivity (Wildman–Crippen MR) is 25.4 cm³/mol. The van der Waals surface area contributed by atoms with E-state index in [9.17, 15) is 4.79 Å². The third kappa shape index (κ3) is 4.43. The van der Waals surface area contributed by atoms with Gasteiger partial charge in [-0.1, -0.05) is 0 Å². The molecule has 0 aliphatic heterocycles. The Kier molecular flexibility index (Phi) is 2.88. The van der Waals surface area contributed by atoms with Gasteiger partial charge in [-0.3, -0.25) is 4.79 Å². The molecule has 0 spiro atoms. The highest BCUT2D eigenvalue weighted by Gasteiger charge is 1.79. The monoisotopic (exact) mass is 200 g/mol. The average Bonchev–Trinajstić information content (AvgIpc) is 1.38. The van der Waals surface area contributed by atoms with Crippen LogP contribution in [-0.2, 0) is 4.79 Å². The Morgan fingerprint density at radius 3 is 1.80 bits per heavy atom. The van der Waals surface area contributed by atoms with Gasteiger partial charge in [0.25, 0.3) is 0 Å². The molecule has 0 rings (SSSR count). The molecule has 1 radical (unpaired) electrons. The fraction of sp³-hybridized carbons (Fsp3) is 0. The molecular formula is CBr2NO. The number of rotatable bonds is 1. The second-order valence-corrected chi connectivity index (χ2v) is 2.69. The van der Waals surface area contributed by atoms with E-state index >= 15 is 0 Å². The van der Waals surface area contributed by atoms with Gasteiger partial charge in [0.1, 0.15) is 0 Å². The molecule has 0 N–H and O–H groups in total. The first-order valence-corrected chi connectivity index (χ1v) is 2.18. The summed E-state index contributed by atoms with van der Waals surface area (Å²) in [6.45, 7) is 0. The van der Waals surface area contributed by atoms with Gasteiger partial charge in [-0.2, -0.15) is 0 Å². The minimum absolute atomic E-state index is 0.944. The van der Waals surface area contributed by atoms with E-state index < -0.39 is 0 Å². The molecule has 0 aromatic rings. The summed E-state index contributed by atoms with van der Waals surface area (Å²) in [5, 5.41) is 0. The van der Waals surface area contributed by atoms with Gasteiger partial charge in [0.15, 0.2) is 0 Å². The van der Waals surface area contributed by atoms with Gasteiger partial charge in [-0.05, 0) is 0 Å². The van der Waals surface area contributed by atoms with Crippen LogP contribution in [-0.4, -0.2) is 9.36 Å². The lowest BCUT2D eigenvalue weighted by Crippen LogP contribution is -1.84. The second-order valence-electron chi connectivity index (χ2n) is 0.324. The fourth-order valence-corrected chi connectivity index (χ4v) is 0. The third-order valence-corrected chi connectivity index (χ3v) is 0.359. The van der Waals surface area contributed by atoms with Crippen LogP contribution >= 0.6 is 32.3 Å². The Labute approximate surface area is 46.8 Å². The molecule has 2 nitrogen and oxygen atoms in total. The lowest BCUT2D eigenvalue weighted by atomic mass is 11.5. The second kappa shape index (κ2) is 2.66. The smallest absolute Gasteiger partial charge is 0.261 e. The van der Waals surface area contributed by atoms with Gasteiger partial charge in [0, 0.05) is 0 Å². The van der Waals surface area contributed by atoms with Crippen molar-refractivity contribution in [3.8, 4) is 0 Å². The molecule has 4 heteroatoms. The van der Waals surface area contributed by atoms with Crippen LogP contribution in [0.5, 0.6) is 0 Å². The molecule has 0 saturated carbocycles. The van der Waals surface area contributed by atoms with Crippen LogP contribution < -0.4 is 0 Å². The van der Waals surface area contributed by atoms with Crippen LogP contribution in [0.1, 0.15) is 0 Å². The van der Waals surface area contributed by atoms with Crippen LogP contribution in [0.3, 0.4) is 0 Å². The average molecular weight is 202 g/mol. The topological polar surface area (TPSA) is 20.3 Å². The first-order chi connectivity index (χ1) is 2.27.